The molecule has 0 radical (unpaired) electrons. The summed E-state index contributed by atoms with van der Waals surface area (Å²) < 4.78 is 5.92. The number of nitrogens with one attached hydrogen (secondary N) is 1. The van der Waals surface area contributed by atoms with Gasteiger partial charge in [-0.1, -0.05) is 62.4 Å². The highest BCUT2D eigenvalue weighted by molar-refractivity contribution is 5.97. The standard InChI is InChI=1S/C32H43N3O3/c1-23(2)35-30(31(36)33-29(32(35)37)21-24-9-5-3-6-10-24)26-17-19-34(20-18-26)22-25-13-15-28(16-14-25)38-27-11-7-4-8-12-27/h4,7-8,11-16,23-24,26,29-30H,3,5-6,9-10,17-22H2,1-2H3,(H,33,36)/t29-,30?/m0/s1. The molecule has 6 heteroatoms. The van der Waals surface area contributed by atoms with E-state index in [0.29, 0.717) is 5.92 Å². The number of carbonyl (C=O) groups is 2. The van der Waals surface area contributed by atoms with Crippen LogP contribution in [0.5, 0.6) is 11.5 Å². The molecule has 2 aromatic carbocycles. The van der Waals surface area contributed by atoms with Crippen LogP contribution in [0.2, 0.25) is 0 Å². The van der Waals surface area contributed by atoms with E-state index in [4.69, 9.17) is 4.74 Å². The molecule has 2 saturated heterocycles. The molecule has 3 aliphatic rings. The molecule has 0 aromatic heterocycles. The van der Waals surface area contributed by atoms with Crippen molar-refractivity contribution in [1.82, 2.24) is 15.1 Å². The van der Waals surface area contributed by atoms with E-state index >= 15 is 0 Å². The molecule has 2 atom stereocenters. The van der Waals surface area contributed by atoms with Gasteiger partial charge in [0.1, 0.15) is 23.6 Å². The number of carbonyl (C=O) groups excluding carboxylic acids is 2. The van der Waals surface area contributed by atoms with E-state index < -0.39 is 0 Å². The van der Waals surface area contributed by atoms with Crippen molar-refractivity contribution in [2.45, 2.75) is 89.9 Å². The first-order valence-corrected chi connectivity index (χ1v) is 14.6. The highest BCUT2D eigenvalue weighted by Gasteiger charge is 2.46. The summed E-state index contributed by atoms with van der Waals surface area (Å²) in [6.45, 7) is 6.86. The Morgan fingerprint density at radius 1 is 0.868 bits per heavy atom. The Hall–Kier alpha value is -2.86. The normalized spacial score (nSPS) is 24.0. The number of ether oxygens (including phenoxy) is 1. The second kappa shape index (κ2) is 12.3. The molecule has 1 aliphatic carbocycles. The Bertz CT molecular complexity index is 1060. The van der Waals surface area contributed by atoms with Crippen LogP contribution < -0.4 is 10.1 Å². The van der Waals surface area contributed by atoms with Crippen LogP contribution in [0.15, 0.2) is 54.6 Å². The molecule has 38 heavy (non-hydrogen) atoms. The fourth-order valence-electron chi connectivity index (χ4n) is 6.67. The first kappa shape index (κ1) is 26.7. The molecule has 1 unspecified atom stereocenters. The van der Waals surface area contributed by atoms with Gasteiger partial charge in [-0.05, 0) is 87.9 Å². The summed E-state index contributed by atoms with van der Waals surface area (Å²) in [6.07, 6.45) is 8.83. The van der Waals surface area contributed by atoms with E-state index in [2.05, 4.69) is 36.2 Å². The third-order valence-electron chi connectivity index (χ3n) is 8.67. The lowest BCUT2D eigenvalue weighted by Gasteiger charge is -2.47. The van der Waals surface area contributed by atoms with Gasteiger partial charge >= 0.3 is 0 Å². The van der Waals surface area contributed by atoms with Crippen LogP contribution in [0.4, 0.5) is 0 Å². The van der Waals surface area contributed by atoms with E-state index in [1.807, 2.05) is 47.4 Å². The van der Waals surface area contributed by atoms with E-state index in [0.717, 1.165) is 50.4 Å². The van der Waals surface area contributed by atoms with Crippen molar-refractivity contribution in [1.29, 1.82) is 0 Å². The first-order valence-electron chi connectivity index (χ1n) is 14.6. The molecule has 204 valence electrons. The zero-order chi connectivity index (χ0) is 26.5. The molecule has 2 aromatic rings. The zero-order valence-corrected chi connectivity index (χ0v) is 23.0. The summed E-state index contributed by atoms with van der Waals surface area (Å²) in [5, 5.41) is 3.16. The number of benzene rings is 2. The lowest BCUT2D eigenvalue weighted by atomic mass is 9.81. The van der Waals surface area contributed by atoms with Crippen molar-refractivity contribution in [2.24, 2.45) is 11.8 Å². The summed E-state index contributed by atoms with van der Waals surface area (Å²) in [7, 11) is 0. The molecule has 1 N–H and O–H groups in total. The fraction of sp³-hybridized carbons (Fsp3) is 0.562. The number of nitrogens with zero attached hydrogens (tertiary/aromatic N) is 2. The molecular weight excluding hydrogens is 474 g/mol. The fourth-order valence-corrected chi connectivity index (χ4v) is 6.67. The lowest BCUT2D eigenvalue weighted by molar-refractivity contribution is -0.155. The molecule has 6 nitrogen and oxygen atoms in total. The summed E-state index contributed by atoms with van der Waals surface area (Å²) in [6, 6.07) is 17.5. The molecule has 0 bridgehead atoms. The van der Waals surface area contributed by atoms with Crippen LogP contribution in [0.25, 0.3) is 0 Å². The minimum atomic E-state index is -0.349. The third-order valence-corrected chi connectivity index (χ3v) is 8.67. The molecule has 5 rings (SSSR count). The summed E-state index contributed by atoms with van der Waals surface area (Å²) in [5.41, 5.74) is 1.25. The van der Waals surface area contributed by atoms with Gasteiger partial charge in [-0.3, -0.25) is 14.5 Å². The Balaban J connectivity index is 1.15. The van der Waals surface area contributed by atoms with Crippen molar-refractivity contribution in [2.75, 3.05) is 13.1 Å². The molecule has 0 spiro atoms. The largest absolute Gasteiger partial charge is 0.457 e. The van der Waals surface area contributed by atoms with Gasteiger partial charge in [-0.15, -0.1) is 0 Å². The number of rotatable bonds is 8. The van der Waals surface area contributed by atoms with Crippen LogP contribution in [-0.4, -0.2) is 52.8 Å². The molecule has 2 heterocycles. The van der Waals surface area contributed by atoms with Gasteiger partial charge in [0.15, 0.2) is 0 Å². The van der Waals surface area contributed by atoms with Crippen LogP contribution in [0, 0.1) is 11.8 Å². The molecule has 2 amide bonds. The van der Waals surface area contributed by atoms with Crippen LogP contribution in [-0.2, 0) is 16.1 Å². The van der Waals surface area contributed by atoms with E-state index in [-0.39, 0.29) is 35.9 Å². The number of para-hydroxylation sites is 1. The van der Waals surface area contributed by atoms with Crippen molar-refractivity contribution in [3.05, 3.63) is 60.2 Å². The molecular formula is C32H43N3O3. The lowest BCUT2D eigenvalue weighted by Crippen LogP contribution is -2.67. The quantitative estimate of drug-likeness (QED) is 0.483. The van der Waals surface area contributed by atoms with Gasteiger partial charge in [-0.25, -0.2) is 0 Å². The number of likely N-dealkylation sites (tertiary alicyclic amines) is 1. The number of amides is 2. The minimum Gasteiger partial charge on any atom is -0.457 e. The van der Waals surface area contributed by atoms with Crippen LogP contribution >= 0.6 is 0 Å². The van der Waals surface area contributed by atoms with Gasteiger partial charge < -0.3 is 15.0 Å². The Morgan fingerprint density at radius 2 is 1.53 bits per heavy atom. The maximum absolute atomic E-state index is 13.6. The molecule has 2 aliphatic heterocycles. The smallest absolute Gasteiger partial charge is 0.246 e. The second-order valence-electron chi connectivity index (χ2n) is 11.8. The average molecular weight is 518 g/mol. The number of piperazine rings is 1. The van der Waals surface area contributed by atoms with E-state index in [1.165, 1.54) is 37.7 Å². The summed E-state index contributed by atoms with van der Waals surface area (Å²) in [4.78, 5) is 31.4. The summed E-state index contributed by atoms with van der Waals surface area (Å²) in [5.74, 6) is 2.63. The van der Waals surface area contributed by atoms with Crippen molar-refractivity contribution < 1.29 is 14.3 Å². The predicted molar refractivity (Wildman–Crippen MR) is 150 cm³/mol. The van der Waals surface area contributed by atoms with Crippen LogP contribution in [0.3, 0.4) is 0 Å². The van der Waals surface area contributed by atoms with E-state index in [9.17, 15) is 9.59 Å². The molecule has 3 fully saturated rings. The van der Waals surface area contributed by atoms with E-state index in [1.54, 1.807) is 0 Å². The van der Waals surface area contributed by atoms with Gasteiger partial charge in [0.25, 0.3) is 0 Å². The topological polar surface area (TPSA) is 61.9 Å². The highest BCUT2D eigenvalue weighted by atomic mass is 16.5. The van der Waals surface area contributed by atoms with Gasteiger partial charge in [0.05, 0.1) is 0 Å². The monoisotopic (exact) mass is 517 g/mol. The first-order chi connectivity index (χ1) is 18.5. The maximum Gasteiger partial charge on any atom is 0.246 e. The number of hydrogen-bond donors (Lipinski definition) is 1. The Labute approximate surface area is 227 Å². The highest BCUT2D eigenvalue weighted by Crippen LogP contribution is 2.33. The van der Waals surface area contributed by atoms with Gasteiger partial charge in [0, 0.05) is 12.6 Å². The predicted octanol–water partition coefficient (Wildman–Crippen LogP) is 5.77. The Kier molecular flexibility index (Phi) is 8.68. The average Bonchev–Trinajstić information content (AvgIpc) is 2.93. The third kappa shape index (κ3) is 6.40. The van der Waals surface area contributed by atoms with Crippen molar-refractivity contribution in [3.8, 4) is 11.5 Å². The number of hydrogen-bond acceptors (Lipinski definition) is 4. The summed E-state index contributed by atoms with van der Waals surface area (Å²) >= 11 is 0. The molecule has 1 saturated carbocycles. The van der Waals surface area contributed by atoms with Crippen molar-refractivity contribution >= 4 is 11.8 Å². The van der Waals surface area contributed by atoms with Crippen LogP contribution in [0.1, 0.15) is 70.8 Å². The Morgan fingerprint density at radius 3 is 2.18 bits per heavy atom. The minimum absolute atomic E-state index is 0.0297. The zero-order valence-electron chi connectivity index (χ0n) is 23.0. The second-order valence-corrected chi connectivity index (χ2v) is 11.8. The van der Waals surface area contributed by atoms with Gasteiger partial charge in [0.2, 0.25) is 11.8 Å². The van der Waals surface area contributed by atoms with Crippen molar-refractivity contribution in [3.63, 3.8) is 0 Å². The van der Waals surface area contributed by atoms with Gasteiger partial charge in [-0.2, -0.15) is 0 Å². The number of piperidine rings is 1. The SMILES string of the molecule is CC(C)N1C(=O)[C@H](CC2CCCCC2)NC(=O)C1C1CCN(Cc2ccc(Oc3ccccc3)cc2)CC1. The maximum atomic E-state index is 13.6.